The van der Waals surface area contributed by atoms with Crippen molar-refractivity contribution in [3.8, 4) is 0 Å². The number of carbonyl (C=O) groups is 1. The average Bonchev–Trinajstić information content (AvgIpc) is 2.93. The van der Waals surface area contributed by atoms with E-state index in [0.717, 1.165) is 21.2 Å². The lowest BCUT2D eigenvalue weighted by Crippen LogP contribution is -2.27. The first-order valence-corrected chi connectivity index (χ1v) is 10.2. The Morgan fingerprint density at radius 3 is 2.52 bits per heavy atom. The predicted molar refractivity (Wildman–Crippen MR) is 103 cm³/mol. The molecule has 25 heavy (non-hydrogen) atoms. The molecule has 3 rings (SSSR count). The van der Waals surface area contributed by atoms with Crippen molar-refractivity contribution in [3.05, 3.63) is 51.5 Å². The largest absolute Gasteiger partial charge is 0.310 e. The highest BCUT2D eigenvalue weighted by molar-refractivity contribution is 9.10. The van der Waals surface area contributed by atoms with E-state index in [0.29, 0.717) is 24.3 Å². The zero-order valence-electron chi connectivity index (χ0n) is 14.3. The molecule has 0 atom stereocenters. The molecule has 0 fully saturated rings. The molecule has 7 heteroatoms. The van der Waals surface area contributed by atoms with Gasteiger partial charge >= 0.3 is 0 Å². The number of carbonyl (C=O) groups excluding carboxylic acids is 1. The summed E-state index contributed by atoms with van der Waals surface area (Å²) in [6.45, 7) is 5.85. The van der Waals surface area contributed by atoms with Gasteiger partial charge in [0, 0.05) is 17.9 Å². The normalized spacial score (nSPS) is 13.7. The summed E-state index contributed by atoms with van der Waals surface area (Å²) in [7, 11) is -3.75. The van der Waals surface area contributed by atoms with Gasteiger partial charge in [-0.15, -0.1) is 0 Å². The van der Waals surface area contributed by atoms with Gasteiger partial charge in [0.05, 0.1) is 16.3 Å². The molecule has 2 aromatic carbocycles. The zero-order chi connectivity index (χ0) is 18.4. The van der Waals surface area contributed by atoms with Crippen LogP contribution < -0.4 is 9.62 Å². The molecule has 0 unspecified atom stereocenters. The van der Waals surface area contributed by atoms with E-state index >= 15 is 0 Å². The minimum atomic E-state index is -3.75. The van der Waals surface area contributed by atoms with E-state index in [1.807, 2.05) is 19.9 Å². The Bertz CT molecular complexity index is 971. The van der Waals surface area contributed by atoms with Gasteiger partial charge in [0.1, 0.15) is 0 Å². The fourth-order valence-corrected chi connectivity index (χ4v) is 4.63. The lowest BCUT2D eigenvalue weighted by Gasteiger charge is -2.20. The highest BCUT2D eigenvalue weighted by Crippen LogP contribution is 2.39. The fraction of sp³-hybridized carbons (Fsp3) is 0.278. The molecule has 2 aromatic rings. The summed E-state index contributed by atoms with van der Waals surface area (Å²) in [5.41, 5.74) is 3.94. The van der Waals surface area contributed by atoms with Crippen LogP contribution in [-0.4, -0.2) is 20.9 Å². The van der Waals surface area contributed by atoms with Gasteiger partial charge < -0.3 is 4.90 Å². The summed E-state index contributed by atoms with van der Waals surface area (Å²) >= 11 is 3.42. The van der Waals surface area contributed by atoms with Gasteiger partial charge in [-0.05, 0) is 61.2 Å². The SMILES string of the molecule is CC(=O)N1CCc2cc(Br)cc(NS(=O)(=O)c3ccc(C)c(C)c3)c21. The predicted octanol–water partition coefficient (Wildman–Crippen LogP) is 3.78. The third kappa shape index (κ3) is 3.43. The van der Waals surface area contributed by atoms with Crippen LogP contribution in [0.2, 0.25) is 0 Å². The molecule has 1 aliphatic rings. The minimum absolute atomic E-state index is 0.104. The quantitative estimate of drug-likeness (QED) is 0.817. The van der Waals surface area contributed by atoms with Gasteiger partial charge in [0.2, 0.25) is 5.91 Å². The van der Waals surface area contributed by atoms with Crippen LogP contribution in [0, 0.1) is 13.8 Å². The Balaban J connectivity index is 2.06. The average molecular weight is 423 g/mol. The Kier molecular flexibility index (Phi) is 4.64. The number of halogens is 1. The number of fused-ring (bicyclic) bond motifs is 1. The molecule has 0 bridgehead atoms. The Morgan fingerprint density at radius 2 is 1.88 bits per heavy atom. The number of aryl methyl sites for hydroxylation is 2. The van der Waals surface area contributed by atoms with Crippen LogP contribution in [0.1, 0.15) is 23.6 Å². The highest BCUT2D eigenvalue weighted by Gasteiger charge is 2.28. The standard InChI is InChI=1S/C18H19BrN2O3S/c1-11-4-5-16(8-12(11)2)25(23,24)20-17-10-15(19)9-14-6-7-21(13(3)22)18(14)17/h4-5,8-10,20H,6-7H2,1-3H3. The number of hydrogen-bond donors (Lipinski definition) is 1. The fourth-order valence-electron chi connectivity index (χ4n) is 2.99. The minimum Gasteiger partial charge on any atom is -0.310 e. The number of benzene rings is 2. The number of nitrogens with zero attached hydrogens (tertiary/aromatic N) is 1. The second-order valence-corrected chi connectivity index (χ2v) is 8.83. The Labute approximate surface area is 156 Å². The first-order valence-electron chi connectivity index (χ1n) is 7.89. The van der Waals surface area contributed by atoms with Crippen molar-refractivity contribution in [2.75, 3.05) is 16.2 Å². The summed E-state index contributed by atoms with van der Waals surface area (Å²) in [5.74, 6) is -0.104. The molecule has 0 radical (unpaired) electrons. The van der Waals surface area contributed by atoms with Gasteiger partial charge in [-0.2, -0.15) is 0 Å². The summed E-state index contributed by atoms with van der Waals surface area (Å²) in [6, 6.07) is 8.64. The molecule has 5 nitrogen and oxygen atoms in total. The summed E-state index contributed by atoms with van der Waals surface area (Å²) < 4.78 is 29.1. The van der Waals surface area contributed by atoms with Crippen LogP contribution in [0.25, 0.3) is 0 Å². The third-order valence-corrected chi connectivity index (χ3v) is 6.26. The highest BCUT2D eigenvalue weighted by atomic mass is 79.9. The molecular formula is C18H19BrN2O3S. The van der Waals surface area contributed by atoms with Gasteiger partial charge in [-0.25, -0.2) is 8.42 Å². The van der Waals surface area contributed by atoms with Crippen molar-refractivity contribution in [2.45, 2.75) is 32.1 Å². The monoisotopic (exact) mass is 422 g/mol. The maximum atomic E-state index is 12.8. The molecule has 0 aromatic heterocycles. The molecule has 1 aliphatic heterocycles. The van der Waals surface area contributed by atoms with E-state index in [1.165, 1.54) is 6.92 Å². The van der Waals surface area contributed by atoms with E-state index in [1.54, 1.807) is 29.2 Å². The van der Waals surface area contributed by atoms with E-state index in [-0.39, 0.29) is 10.8 Å². The number of anilines is 2. The summed E-state index contributed by atoms with van der Waals surface area (Å²) in [4.78, 5) is 13.7. The topological polar surface area (TPSA) is 66.5 Å². The Hall–Kier alpha value is -1.86. The first kappa shape index (κ1) is 17.9. The molecule has 1 amide bonds. The molecule has 0 saturated heterocycles. The molecule has 1 heterocycles. The number of sulfonamides is 1. The van der Waals surface area contributed by atoms with Crippen LogP contribution in [0.3, 0.4) is 0 Å². The number of nitrogens with one attached hydrogen (secondary N) is 1. The van der Waals surface area contributed by atoms with E-state index in [9.17, 15) is 13.2 Å². The van der Waals surface area contributed by atoms with Gasteiger partial charge in [-0.3, -0.25) is 9.52 Å². The molecule has 0 aliphatic carbocycles. The summed E-state index contributed by atoms with van der Waals surface area (Å²) in [5, 5.41) is 0. The molecule has 1 N–H and O–H groups in total. The van der Waals surface area contributed by atoms with Gasteiger partial charge in [-0.1, -0.05) is 22.0 Å². The molecule has 132 valence electrons. The number of hydrogen-bond acceptors (Lipinski definition) is 3. The summed E-state index contributed by atoms with van der Waals surface area (Å²) in [6.07, 6.45) is 0.701. The smallest absolute Gasteiger partial charge is 0.261 e. The zero-order valence-corrected chi connectivity index (χ0v) is 16.7. The van der Waals surface area contributed by atoms with Crippen LogP contribution in [0.5, 0.6) is 0 Å². The second-order valence-electron chi connectivity index (χ2n) is 6.23. The first-order chi connectivity index (χ1) is 11.7. The van der Waals surface area contributed by atoms with Crippen molar-refractivity contribution in [1.82, 2.24) is 0 Å². The van der Waals surface area contributed by atoms with Crippen molar-refractivity contribution in [3.63, 3.8) is 0 Å². The van der Waals surface area contributed by atoms with Crippen molar-refractivity contribution in [2.24, 2.45) is 0 Å². The Morgan fingerprint density at radius 1 is 1.16 bits per heavy atom. The van der Waals surface area contributed by atoms with Gasteiger partial charge in [0.15, 0.2) is 0 Å². The van der Waals surface area contributed by atoms with Crippen LogP contribution in [0.15, 0.2) is 39.7 Å². The van der Waals surface area contributed by atoms with Crippen molar-refractivity contribution < 1.29 is 13.2 Å². The molecular weight excluding hydrogens is 404 g/mol. The van der Waals surface area contributed by atoms with E-state index in [4.69, 9.17) is 0 Å². The molecule has 0 spiro atoms. The lowest BCUT2D eigenvalue weighted by atomic mass is 10.1. The second kappa shape index (κ2) is 6.46. The van der Waals surface area contributed by atoms with Crippen LogP contribution in [-0.2, 0) is 21.2 Å². The maximum absolute atomic E-state index is 12.8. The number of amides is 1. The van der Waals surface area contributed by atoms with Crippen molar-refractivity contribution in [1.29, 1.82) is 0 Å². The van der Waals surface area contributed by atoms with Crippen LogP contribution in [0.4, 0.5) is 11.4 Å². The van der Waals surface area contributed by atoms with Crippen LogP contribution >= 0.6 is 15.9 Å². The molecule has 0 saturated carbocycles. The van der Waals surface area contributed by atoms with Crippen molar-refractivity contribution >= 4 is 43.2 Å². The third-order valence-electron chi connectivity index (χ3n) is 4.44. The lowest BCUT2D eigenvalue weighted by molar-refractivity contribution is -0.116. The van der Waals surface area contributed by atoms with Gasteiger partial charge in [0.25, 0.3) is 10.0 Å². The van der Waals surface area contributed by atoms with E-state index in [2.05, 4.69) is 20.7 Å². The maximum Gasteiger partial charge on any atom is 0.261 e. The number of rotatable bonds is 3. The van der Waals surface area contributed by atoms with E-state index < -0.39 is 10.0 Å².